The Labute approximate surface area is 53.6 Å². The molecule has 52 valence electrons. The van der Waals surface area contributed by atoms with Crippen LogP contribution in [0, 0.1) is 5.92 Å². The van der Waals surface area contributed by atoms with Crippen molar-refractivity contribution in [2.45, 2.75) is 26.1 Å². The van der Waals surface area contributed by atoms with Crippen molar-refractivity contribution in [3.05, 3.63) is 0 Å². The van der Waals surface area contributed by atoms with Crippen LogP contribution in [0.3, 0.4) is 0 Å². The average Bonchev–Trinajstić information content (AvgIpc) is 1.81. The van der Waals surface area contributed by atoms with Gasteiger partial charge in [0.25, 0.3) is 0 Å². The van der Waals surface area contributed by atoms with E-state index in [1.165, 1.54) is 0 Å². The molecule has 1 heterocycles. The van der Waals surface area contributed by atoms with E-state index in [0.717, 1.165) is 0 Å². The molecular formula is C6H10O3. The zero-order valence-electron chi connectivity index (χ0n) is 5.50. The Balaban J connectivity index is 2.42. The van der Waals surface area contributed by atoms with Crippen LogP contribution in [-0.2, 0) is 9.53 Å². The highest BCUT2D eigenvalue weighted by Gasteiger charge is 2.41. The summed E-state index contributed by atoms with van der Waals surface area (Å²) in [5.74, 6) is -0.328. The lowest BCUT2D eigenvalue weighted by Gasteiger charge is -2.34. The number of esters is 1. The molecule has 3 atom stereocenters. The summed E-state index contributed by atoms with van der Waals surface area (Å²) in [6.45, 7) is 3.37. The van der Waals surface area contributed by atoms with Crippen molar-refractivity contribution in [1.82, 2.24) is 0 Å². The lowest BCUT2D eigenvalue weighted by Crippen LogP contribution is -2.49. The van der Waals surface area contributed by atoms with Crippen LogP contribution in [0.2, 0.25) is 0 Å². The van der Waals surface area contributed by atoms with Crippen LogP contribution in [0.25, 0.3) is 0 Å². The van der Waals surface area contributed by atoms with Gasteiger partial charge in [-0.3, -0.25) is 4.79 Å². The summed E-state index contributed by atoms with van der Waals surface area (Å²) < 4.78 is 4.62. The highest BCUT2D eigenvalue weighted by atomic mass is 16.6. The maximum Gasteiger partial charge on any atom is 0.312 e. The molecule has 1 N–H and O–H groups in total. The van der Waals surface area contributed by atoms with Gasteiger partial charge in [0.2, 0.25) is 0 Å². The second-order valence-corrected chi connectivity index (χ2v) is 2.43. The van der Waals surface area contributed by atoms with Crippen molar-refractivity contribution in [2.24, 2.45) is 5.92 Å². The van der Waals surface area contributed by atoms with Gasteiger partial charge in [-0.05, 0) is 13.8 Å². The average molecular weight is 130 g/mol. The molecule has 1 fully saturated rings. The van der Waals surface area contributed by atoms with E-state index in [1.54, 1.807) is 13.8 Å². The molecular weight excluding hydrogens is 120 g/mol. The molecule has 0 spiro atoms. The molecule has 3 nitrogen and oxygen atoms in total. The number of aliphatic hydroxyl groups is 1. The molecule has 3 heteroatoms. The molecule has 9 heavy (non-hydrogen) atoms. The van der Waals surface area contributed by atoms with Crippen molar-refractivity contribution >= 4 is 5.97 Å². The molecule has 1 aliphatic rings. The molecule has 0 radical (unpaired) electrons. The summed E-state index contributed by atoms with van der Waals surface area (Å²) in [5, 5.41) is 8.88. The van der Waals surface area contributed by atoms with E-state index < -0.39 is 6.10 Å². The fraction of sp³-hybridized carbons (Fsp3) is 0.833. The highest BCUT2D eigenvalue weighted by molar-refractivity contribution is 5.78. The zero-order chi connectivity index (χ0) is 7.02. The van der Waals surface area contributed by atoms with Gasteiger partial charge in [-0.25, -0.2) is 0 Å². The minimum Gasteiger partial charge on any atom is -0.458 e. The Morgan fingerprint density at radius 3 is 2.44 bits per heavy atom. The Hall–Kier alpha value is -0.570. The van der Waals surface area contributed by atoms with Gasteiger partial charge in [0, 0.05) is 0 Å². The van der Waals surface area contributed by atoms with Crippen molar-refractivity contribution in [3.8, 4) is 0 Å². The van der Waals surface area contributed by atoms with Crippen LogP contribution in [0.4, 0.5) is 0 Å². The first-order valence-electron chi connectivity index (χ1n) is 3.01. The van der Waals surface area contributed by atoms with Crippen molar-refractivity contribution in [3.63, 3.8) is 0 Å². The fourth-order valence-corrected chi connectivity index (χ4v) is 0.922. The van der Waals surface area contributed by atoms with Crippen LogP contribution >= 0.6 is 0 Å². The summed E-state index contributed by atoms with van der Waals surface area (Å²) in [7, 11) is 0. The number of aliphatic hydroxyl groups excluding tert-OH is 1. The van der Waals surface area contributed by atoms with Gasteiger partial charge < -0.3 is 9.84 Å². The molecule has 1 aliphatic heterocycles. The summed E-state index contributed by atoms with van der Waals surface area (Å²) in [6.07, 6.45) is -0.796. The van der Waals surface area contributed by atoms with Crippen LogP contribution in [0.5, 0.6) is 0 Å². The monoisotopic (exact) mass is 130 g/mol. The lowest BCUT2D eigenvalue weighted by molar-refractivity contribution is -0.194. The molecule has 0 amide bonds. The quantitative estimate of drug-likeness (QED) is 0.505. The van der Waals surface area contributed by atoms with E-state index in [2.05, 4.69) is 4.74 Å². The standard InChI is InChI=1S/C6H10O3/c1-3-5(4(2)7)9-6(3)8/h3-5,7H,1-2H3. The van der Waals surface area contributed by atoms with Crippen LogP contribution < -0.4 is 0 Å². The molecule has 3 unspecified atom stereocenters. The smallest absolute Gasteiger partial charge is 0.312 e. The Kier molecular flexibility index (Phi) is 1.45. The number of carbonyl (C=O) groups is 1. The van der Waals surface area contributed by atoms with Gasteiger partial charge >= 0.3 is 5.97 Å². The first-order chi connectivity index (χ1) is 4.13. The number of carbonyl (C=O) groups excluding carboxylic acids is 1. The first kappa shape index (κ1) is 6.55. The summed E-state index contributed by atoms with van der Waals surface area (Å²) in [5.41, 5.74) is 0. The van der Waals surface area contributed by atoms with Crippen LogP contribution in [-0.4, -0.2) is 23.3 Å². The van der Waals surface area contributed by atoms with Gasteiger partial charge in [0.05, 0.1) is 12.0 Å². The molecule has 1 saturated heterocycles. The summed E-state index contributed by atoms with van der Waals surface area (Å²) in [4.78, 5) is 10.4. The molecule has 1 rings (SSSR count). The molecule has 0 aromatic carbocycles. The second kappa shape index (κ2) is 1.99. The maximum absolute atomic E-state index is 10.4. The molecule has 0 aromatic heterocycles. The molecule has 0 aromatic rings. The second-order valence-electron chi connectivity index (χ2n) is 2.43. The summed E-state index contributed by atoms with van der Waals surface area (Å²) >= 11 is 0. The van der Waals surface area contributed by atoms with Crippen molar-refractivity contribution in [2.75, 3.05) is 0 Å². The Morgan fingerprint density at radius 2 is 2.33 bits per heavy atom. The third kappa shape index (κ3) is 0.920. The van der Waals surface area contributed by atoms with E-state index in [4.69, 9.17) is 5.11 Å². The number of cyclic esters (lactones) is 1. The minimum atomic E-state index is -0.530. The third-order valence-electron chi connectivity index (χ3n) is 1.59. The van der Waals surface area contributed by atoms with Gasteiger partial charge in [-0.1, -0.05) is 0 Å². The normalized spacial score (nSPS) is 37.0. The number of rotatable bonds is 1. The fourth-order valence-electron chi connectivity index (χ4n) is 0.922. The predicted molar refractivity (Wildman–Crippen MR) is 30.7 cm³/mol. The molecule has 0 bridgehead atoms. The first-order valence-corrected chi connectivity index (χ1v) is 3.01. The molecule has 0 saturated carbocycles. The number of hydrogen-bond acceptors (Lipinski definition) is 3. The van der Waals surface area contributed by atoms with Crippen LogP contribution in [0.15, 0.2) is 0 Å². The highest BCUT2D eigenvalue weighted by Crippen LogP contribution is 2.23. The zero-order valence-corrected chi connectivity index (χ0v) is 5.50. The predicted octanol–water partition coefficient (Wildman–Crippen LogP) is -0.0713. The molecule has 0 aliphatic carbocycles. The third-order valence-corrected chi connectivity index (χ3v) is 1.59. The SMILES string of the molecule is CC(O)C1OC(=O)C1C. The van der Waals surface area contributed by atoms with Crippen molar-refractivity contribution < 1.29 is 14.6 Å². The van der Waals surface area contributed by atoms with Crippen molar-refractivity contribution in [1.29, 1.82) is 0 Å². The van der Waals surface area contributed by atoms with E-state index in [0.29, 0.717) is 0 Å². The van der Waals surface area contributed by atoms with Gasteiger partial charge in [0.1, 0.15) is 6.10 Å². The van der Waals surface area contributed by atoms with Crippen LogP contribution in [0.1, 0.15) is 13.8 Å². The van der Waals surface area contributed by atoms with Gasteiger partial charge in [-0.2, -0.15) is 0 Å². The maximum atomic E-state index is 10.4. The Morgan fingerprint density at radius 1 is 1.78 bits per heavy atom. The van der Waals surface area contributed by atoms with E-state index in [9.17, 15) is 4.79 Å². The van der Waals surface area contributed by atoms with E-state index >= 15 is 0 Å². The number of ether oxygens (including phenoxy) is 1. The topological polar surface area (TPSA) is 46.5 Å². The Bertz CT molecular complexity index is 130. The van der Waals surface area contributed by atoms with E-state index in [1.807, 2.05) is 0 Å². The van der Waals surface area contributed by atoms with E-state index in [-0.39, 0.29) is 18.0 Å². The lowest BCUT2D eigenvalue weighted by atomic mass is 9.95. The minimum absolute atomic E-state index is 0.120. The largest absolute Gasteiger partial charge is 0.458 e. The summed E-state index contributed by atoms with van der Waals surface area (Å²) in [6, 6.07) is 0. The van der Waals surface area contributed by atoms with Gasteiger partial charge in [0.15, 0.2) is 0 Å². The number of hydrogen-bond donors (Lipinski definition) is 1. The van der Waals surface area contributed by atoms with Gasteiger partial charge in [-0.15, -0.1) is 0 Å².